The molecule has 2 saturated carbocycles. The minimum Gasteiger partial charge on any atom is -0.339 e. The molecular weight excluding hydrogens is 543 g/mol. The molecule has 2 fully saturated rings. The molecule has 8 nitrogen and oxygen atoms in total. The zero-order valence-corrected chi connectivity index (χ0v) is 25.2. The predicted octanol–water partition coefficient (Wildman–Crippen LogP) is 5.71. The number of halogens is 1. The lowest BCUT2D eigenvalue weighted by Crippen LogP contribution is -2.35. The summed E-state index contributed by atoms with van der Waals surface area (Å²) in [5, 5.41) is 3.07. The fraction of sp³-hybridized carbons (Fsp3) is 0.387. The summed E-state index contributed by atoms with van der Waals surface area (Å²) in [7, 11) is 1.98. The van der Waals surface area contributed by atoms with Crippen LogP contribution in [0.25, 0.3) is 0 Å². The van der Waals surface area contributed by atoms with E-state index in [2.05, 4.69) is 5.32 Å². The van der Waals surface area contributed by atoms with Crippen molar-refractivity contribution in [2.24, 2.45) is 7.05 Å². The molecule has 1 unspecified atom stereocenters. The Kier molecular flexibility index (Phi) is 9.11. The molecular formula is C31H37FN4O4S. The second-order valence-corrected chi connectivity index (χ2v) is 12.0. The Morgan fingerprint density at radius 2 is 1.78 bits per heavy atom. The fourth-order valence-electron chi connectivity index (χ4n) is 4.70. The molecule has 0 radical (unpaired) electrons. The first-order valence-electron chi connectivity index (χ1n) is 13.9. The summed E-state index contributed by atoms with van der Waals surface area (Å²) < 4.78 is 29.1. The topological polar surface area (TPSA) is 91.7 Å². The number of aromatic nitrogens is 1. The predicted molar refractivity (Wildman–Crippen MR) is 161 cm³/mol. The van der Waals surface area contributed by atoms with Crippen LogP contribution in [0.4, 0.5) is 27.3 Å². The van der Waals surface area contributed by atoms with E-state index in [0.29, 0.717) is 17.0 Å². The molecule has 2 aromatic carbocycles. The maximum Gasteiger partial charge on any atom is 0.259 e. The van der Waals surface area contributed by atoms with Gasteiger partial charge in [0, 0.05) is 41.5 Å². The van der Waals surface area contributed by atoms with E-state index in [4.69, 9.17) is 0 Å². The average Bonchev–Trinajstić information content (AvgIpc) is 3.89. The lowest BCUT2D eigenvalue weighted by atomic mass is 10.1. The summed E-state index contributed by atoms with van der Waals surface area (Å²) >= 11 is 0. The van der Waals surface area contributed by atoms with Crippen LogP contribution in [0.3, 0.4) is 0 Å². The van der Waals surface area contributed by atoms with Gasteiger partial charge in [0.1, 0.15) is 17.2 Å². The Hall–Kier alpha value is -3.79. The molecule has 2 amide bonds. The van der Waals surface area contributed by atoms with Crippen molar-refractivity contribution in [2.45, 2.75) is 69.6 Å². The van der Waals surface area contributed by atoms with Gasteiger partial charge in [-0.25, -0.2) is 4.39 Å². The number of carbonyl (C=O) groups is 2. The minimum atomic E-state index is -1.22. The summed E-state index contributed by atoms with van der Waals surface area (Å²) in [6, 6.07) is 11.4. The number of carbonyl (C=O) groups excluding carboxylic acids is 2. The molecule has 0 saturated heterocycles. The maximum atomic E-state index is 14.9. The van der Waals surface area contributed by atoms with Gasteiger partial charge in [0.05, 0.1) is 22.2 Å². The Balaban J connectivity index is 0.00000189. The molecule has 1 aromatic heterocycles. The van der Waals surface area contributed by atoms with Crippen LogP contribution >= 0.6 is 0 Å². The standard InChI is InChI=1S/C29H31FN4O4S.C2H6/c1-17-8-13-24(23(30)14-17)31-27-25(29(37)32(3)19-9-10-19)26(18(2)28(36)33(27)4)34(16-35)20-6-5-7-22(15-20)39(38)21-11-12-21;1-2/h5-8,13-16,19,21,31H,9-12H2,1-4H3;1-2H3. The van der Waals surface area contributed by atoms with Gasteiger partial charge < -0.3 is 10.2 Å². The highest BCUT2D eigenvalue weighted by molar-refractivity contribution is 7.86. The fourth-order valence-corrected chi connectivity index (χ4v) is 6.10. The van der Waals surface area contributed by atoms with Crippen molar-refractivity contribution in [1.29, 1.82) is 0 Å². The Morgan fingerprint density at radius 3 is 2.37 bits per heavy atom. The maximum absolute atomic E-state index is 14.9. The van der Waals surface area contributed by atoms with Crippen molar-refractivity contribution in [1.82, 2.24) is 9.47 Å². The number of nitrogens with zero attached hydrogens (tertiary/aromatic N) is 3. The van der Waals surface area contributed by atoms with Gasteiger partial charge in [-0.1, -0.05) is 26.0 Å². The summed E-state index contributed by atoms with van der Waals surface area (Å²) in [6.07, 6.45) is 4.02. The van der Waals surface area contributed by atoms with Crippen LogP contribution in [0.5, 0.6) is 0 Å². The van der Waals surface area contributed by atoms with E-state index in [1.807, 2.05) is 13.8 Å². The molecule has 1 atom stereocenters. The Bertz CT molecular complexity index is 1560. The van der Waals surface area contributed by atoms with Crippen LogP contribution in [-0.2, 0) is 22.6 Å². The van der Waals surface area contributed by atoms with Crippen LogP contribution < -0.4 is 15.8 Å². The first-order valence-corrected chi connectivity index (χ1v) is 15.1. The van der Waals surface area contributed by atoms with Crippen LogP contribution in [0.1, 0.15) is 61.0 Å². The number of rotatable bonds is 9. The molecule has 2 aliphatic rings. The van der Waals surface area contributed by atoms with Crippen LogP contribution in [0.15, 0.2) is 52.2 Å². The second-order valence-electron chi connectivity index (χ2n) is 10.3. The summed E-state index contributed by atoms with van der Waals surface area (Å²) in [6.45, 7) is 7.32. The number of benzene rings is 2. The van der Waals surface area contributed by atoms with E-state index < -0.39 is 28.1 Å². The average molecular weight is 581 g/mol. The molecule has 2 aliphatic carbocycles. The van der Waals surface area contributed by atoms with E-state index >= 15 is 0 Å². The van der Waals surface area contributed by atoms with Gasteiger partial charge in [0.15, 0.2) is 0 Å². The van der Waals surface area contributed by atoms with Gasteiger partial charge in [-0.15, -0.1) is 0 Å². The molecule has 1 N–H and O–H groups in total. The van der Waals surface area contributed by atoms with Crippen LogP contribution in [-0.4, -0.2) is 44.3 Å². The SMILES string of the molecule is CC.Cc1ccc(Nc2c(C(=O)N(C)C3CC3)c(N(C=O)c3cccc(S(=O)C4CC4)c3)c(C)c(=O)n2C)c(F)c1. The smallest absolute Gasteiger partial charge is 0.259 e. The number of amides is 2. The number of pyridine rings is 1. The van der Waals surface area contributed by atoms with Crippen LogP contribution in [0, 0.1) is 19.7 Å². The van der Waals surface area contributed by atoms with Gasteiger partial charge in [-0.2, -0.15) is 0 Å². The number of aryl methyl sites for hydroxylation is 1. The van der Waals surface area contributed by atoms with Crippen molar-refractivity contribution < 1.29 is 18.2 Å². The Labute approximate surface area is 242 Å². The minimum absolute atomic E-state index is 0.0424. The van der Waals surface area contributed by atoms with Crippen molar-refractivity contribution >= 4 is 46.0 Å². The first-order chi connectivity index (χ1) is 19.6. The third-order valence-electron chi connectivity index (χ3n) is 7.30. The van der Waals surface area contributed by atoms with E-state index in [1.165, 1.54) is 22.6 Å². The van der Waals surface area contributed by atoms with Gasteiger partial charge in [-0.05, 0) is 75.4 Å². The second kappa shape index (κ2) is 12.4. The molecule has 10 heteroatoms. The third kappa shape index (κ3) is 6.12. The quantitative estimate of drug-likeness (QED) is 0.328. The highest BCUT2D eigenvalue weighted by Gasteiger charge is 2.36. The van der Waals surface area contributed by atoms with Crippen molar-refractivity contribution in [3.8, 4) is 0 Å². The lowest BCUT2D eigenvalue weighted by molar-refractivity contribution is -0.106. The van der Waals surface area contributed by atoms with Crippen molar-refractivity contribution in [2.75, 3.05) is 17.3 Å². The number of nitrogens with one attached hydrogen (secondary N) is 1. The molecule has 0 spiro atoms. The van der Waals surface area contributed by atoms with Crippen molar-refractivity contribution in [3.05, 3.63) is 75.3 Å². The summed E-state index contributed by atoms with van der Waals surface area (Å²) in [4.78, 5) is 43.6. The highest BCUT2D eigenvalue weighted by Crippen LogP contribution is 2.39. The zero-order valence-electron chi connectivity index (χ0n) is 24.4. The molecule has 218 valence electrons. The Morgan fingerprint density at radius 1 is 1.10 bits per heavy atom. The monoisotopic (exact) mass is 580 g/mol. The van der Waals surface area contributed by atoms with Gasteiger partial charge >= 0.3 is 0 Å². The molecule has 5 rings (SSSR count). The van der Waals surface area contributed by atoms with E-state index in [9.17, 15) is 23.0 Å². The number of hydrogen-bond donors (Lipinski definition) is 1. The molecule has 0 aliphatic heterocycles. The van der Waals surface area contributed by atoms with Crippen molar-refractivity contribution in [3.63, 3.8) is 0 Å². The lowest BCUT2D eigenvalue weighted by Gasteiger charge is -2.28. The number of hydrogen-bond acceptors (Lipinski definition) is 5. The molecule has 41 heavy (non-hydrogen) atoms. The molecule has 3 aromatic rings. The molecule has 1 heterocycles. The normalized spacial score (nSPS) is 14.9. The first kappa shape index (κ1) is 30.2. The van der Waals surface area contributed by atoms with E-state index in [-0.39, 0.29) is 39.6 Å². The molecule has 0 bridgehead atoms. The van der Waals surface area contributed by atoms with Gasteiger partial charge in [-0.3, -0.25) is 28.1 Å². The highest BCUT2D eigenvalue weighted by atomic mass is 32.2. The summed E-state index contributed by atoms with van der Waals surface area (Å²) in [5.41, 5.74) is 1.10. The zero-order chi connectivity index (χ0) is 30.0. The number of anilines is 4. The van der Waals surface area contributed by atoms with Gasteiger partial charge in [0.25, 0.3) is 11.5 Å². The third-order valence-corrected chi connectivity index (χ3v) is 9.09. The van der Waals surface area contributed by atoms with Gasteiger partial charge in [0.2, 0.25) is 6.41 Å². The summed E-state index contributed by atoms with van der Waals surface area (Å²) in [5.74, 6) is -0.864. The van der Waals surface area contributed by atoms with E-state index in [0.717, 1.165) is 31.2 Å². The largest absolute Gasteiger partial charge is 0.339 e. The van der Waals surface area contributed by atoms with E-state index in [1.54, 1.807) is 62.2 Å². The van der Waals surface area contributed by atoms with Crippen LogP contribution in [0.2, 0.25) is 0 Å².